The van der Waals surface area contributed by atoms with Crippen LogP contribution in [0.3, 0.4) is 0 Å². The van der Waals surface area contributed by atoms with Crippen molar-refractivity contribution in [2.45, 2.75) is 32.1 Å². The lowest BCUT2D eigenvalue weighted by atomic mass is 9.70. The smallest absolute Gasteiger partial charge is 0.153 e. The van der Waals surface area contributed by atoms with Crippen LogP contribution in [0.5, 0.6) is 0 Å². The van der Waals surface area contributed by atoms with Crippen molar-refractivity contribution in [2.75, 3.05) is 0 Å². The number of hydrogen-bond acceptors (Lipinski definition) is 2. The van der Waals surface area contributed by atoms with Gasteiger partial charge in [-0.25, -0.2) is 0 Å². The molecular formula is C14H14ClNO. The van der Waals surface area contributed by atoms with Crippen LogP contribution in [0.2, 0.25) is 5.02 Å². The number of carbonyl (C=O) groups excluding carboxylic acids is 1. The average Bonchev–Trinajstić information content (AvgIpc) is 2.35. The van der Waals surface area contributed by atoms with Crippen molar-refractivity contribution in [1.82, 2.24) is 0 Å². The van der Waals surface area contributed by atoms with Gasteiger partial charge in [0.2, 0.25) is 0 Å². The molecular weight excluding hydrogens is 234 g/mol. The number of nitrogens with zero attached hydrogens (tertiary/aromatic N) is 1. The van der Waals surface area contributed by atoms with Gasteiger partial charge in [-0.15, -0.1) is 0 Å². The summed E-state index contributed by atoms with van der Waals surface area (Å²) in [5.41, 5.74) is 0.0504. The SMILES string of the molecule is N#CC1(Cc2ccccc2Cl)CCCCC1=O. The molecule has 0 radical (unpaired) electrons. The van der Waals surface area contributed by atoms with E-state index in [-0.39, 0.29) is 5.78 Å². The van der Waals surface area contributed by atoms with Gasteiger partial charge < -0.3 is 0 Å². The zero-order valence-corrected chi connectivity index (χ0v) is 10.3. The number of ketones is 1. The van der Waals surface area contributed by atoms with Crippen LogP contribution in [0, 0.1) is 16.7 Å². The zero-order valence-electron chi connectivity index (χ0n) is 9.58. The Morgan fingerprint density at radius 3 is 2.76 bits per heavy atom. The topological polar surface area (TPSA) is 40.9 Å². The summed E-state index contributed by atoms with van der Waals surface area (Å²) in [5, 5.41) is 9.99. The quantitative estimate of drug-likeness (QED) is 0.802. The zero-order chi connectivity index (χ0) is 12.3. The highest BCUT2D eigenvalue weighted by molar-refractivity contribution is 6.31. The highest BCUT2D eigenvalue weighted by Crippen LogP contribution is 2.37. The van der Waals surface area contributed by atoms with Gasteiger partial charge in [-0.2, -0.15) is 5.26 Å². The normalized spacial score (nSPS) is 24.4. The fraction of sp³-hybridized carbons (Fsp3) is 0.429. The van der Waals surface area contributed by atoms with E-state index in [0.717, 1.165) is 18.4 Å². The lowest BCUT2D eigenvalue weighted by Crippen LogP contribution is -2.35. The summed E-state index contributed by atoms with van der Waals surface area (Å²) in [7, 11) is 0. The third kappa shape index (κ3) is 2.35. The van der Waals surface area contributed by atoms with E-state index in [1.807, 2.05) is 18.2 Å². The van der Waals surface area contributed by atoms with E-state index in [4.69, 9.17) is 11.6 Å². The Labute approximate surface area is 106 Å². The fourth-order valence-electron chi connectivity index (χ4n) is 2.40. The summed E-state index contributed by atoms with van der Waals surface area (Å²) < 4.78 is 0. The fourth-order valence-corrected chi connectivity index (χ4v) is 2.61. The second kappa shape index (κ2) is 4.89. The van der Waals surface area contributed by atoms with Gasteiger partial charge in [0.25, 0.3) is 0 Å². The molecule has 1 saturated carbocycles. The Balaban J connectivity index is 2.29. The molecule has 1 fully saturated rings. The number of hydrogen-bond donors (Lipinski definition) is 0. The van der Waals surface area contributed by atoms with Gasteiger partial charge in [0.05, 0.1) is 6.07 Å². The first-order valence-electron chi connectivity index (χ1n) is 5.86. The largest absolute Gasteiger partial charge is 0.298 e. The minimum absolute atomic E-state index is 0.0752. The Kier molecular flexibility index (Phi) is 3.49. The predicted octanol–water partition coefficient (Wildman–Crippen LogP) is 3.54. The molecule has 88 valence electrons. The molecule has 1 atom stereocenters. The standard InChI is InChI=1S/C14H14ClNO/c15-12-6-2-1-5-11(12)9-14(10-16)8-4-3-7-13(14)17/h1-2,5-6H,3-4,7-9H2. The van der Waals surface area contributed by atoms with Gasteiger partial charge in [0.1, 0.15) is 5.41 Å². The minimum Gasteiger partial charge on any atom is -0.298 e. The maximum Gasteiger partial charge on any atom is 0.153 e. The number of carbonyl (C=O) groups is 1. The molecule has 1 aromatic carbocycles. The Bertz CT molecular complexity index is 477. The molecule has 17 heavy (non-hydrogen) atoms. The summed E-state index contributed by atoms with van der Waals surface area (Å²) in [4.78, 5) is 12.0. The molecule has 0 saturated heterocycles. The van der Waals surface area contributed by atoms with Crippen LogP contribution in [0.15, 0.2) is 24.3 Å². The van der Waals surface area contributed by atoms with Crippen molar-refractivity contribution in [2.24, 2.45) is 5.41 Å². The van der Waals surface area contributed by atoms with Crippen LogP contribution < -0.4 is 0 Å². The lowest BCUT2D eigenvalue weighted by molar-refractivity contribution is -0.128. The van der Waals surface area contributed by atoms with E-state index in [1.165, 1.54) is 0 Å². The Morgan fingerprint density at radius 2 is 2.12 bits per heavy atom. The summed E-state index contributed by atoms with van der Waals surface area (Å²) in [6.45, 7) is 0. The molecule has 0 spiro atoms. The molecule has 1 aromatic rings. The van der Waals surface area contributed by atoms with E-state index < -0.39 is 5.41 Å². The molecule has 1 unspecified atom stereocenters. The molecule has 0 aromatic heterocycles. The van der Waals surface area contributed by atoms with Crippen molar-refractivity contribution in [3.05, 3.63) is 34.9 Å². The molecule has 1 aliphatic carbocycles. The average molecular weight is 248 g/mol. The van der Waals surface area contributed by atoms with Gasteiger partial charge in [-0.3, -0.25) is 4.79 Å². The third-order valence-corrected chi connectivity index (χ3v) is 3.82. The maximum atomic E-state index is 12.0. The van der Waals surface area contributed by atoms with Crippen molar-refractivity contribution in [1.29, 1.82) is 5.26 Å². The highest BCUT2D eigenvalue weighted by atomic mass is 35.5. The number of rotatable bonds is 2. The molecule has 0 bridgehead atoms. The van der Waals surface area contributed by atoms with Gasteiger partial charge >= 0.3 is 0 Å². The van der Waals surface area contributed by atoms with E-state index >= 15 is 0 Å². The van der Waals surface area contributed by atoms with Crippen LogP contribution in [0.4, 0.5) is 0 Å². The first-order chi connectivity index (χ1) is 8.18. The van der Waals surface area contributed by atoms with Crippen LogP contribution in [0.1, 0.15) is 31.2 Å². The van der Waals surface area contributed by atoms with E-state index in [2.05, 4.69) is 6.07 Å². The molecule has 0 heterocycles. The molecule has 0 amide bonds. The lowest BCUT2D eigenvalue weighted by Gasteiger charge is -2.29. The van der Waals surface area contributed by atoms with Crippen molar-refractivity contribution in [3.63, 3.8) is 0 Å². The maximum absolute atomic E-state index is 12.0. The monoisotopic (exact) mass is 247 g/mol. The third-order valence-electron chi connectivity index (χ3n) is 3.46. The first kappa shape index (κ1) is 12.1. The summed E-state index contributed by atoms with van der Waals surface area (Å²) in [6.07, 6.45) is 3.49. The van der Waals surface area contributed by atoms with E-state index in [9.17, 15) is 10.1 Å². The number of halogens is 1. The molecule has 2 rings (SSSR count). The second-order valence-electron chi connectivity index (χ2n) is 4.59. The van der Waals surface area contributed by atoms with Crippen molar-refractivity contribution < 1.29 is 4.79 Å². The molecule has 3 heteroatoms. The van der Waals surface area contributed by atoms with Crippen LogP contribution >= 0.6 is 11.6 Å². The van der Waals surface area contributed by atoms with Gasteiger partial charge in [0, 0.05) is 11.4 Å². The van der Waals surface area contributed by atoms with E-state index in [1.54, 1.807) is 6.07 Å². The Hall–Kier alpha value is -1.33. The number of nitriles is 1. The first-order valence-corrected chi connectivity index (χ1v) is 6.24. The van der Waals surface area contributed by atoms with Crippen LogP contribution in [-0.4, -0.2) is 5.78 Å². The van der Waals surface area contributed by atoms with Crippen molar-refractivity contribution >= 4 is 17.4 Å². The van der Waals surface area contributed by atoms with Crippen LogP contribution in [0.25, 0.3) is 0 Å². The van der Waals surface area contributed by atoms with E-state index in [0.29, 0.717) is 24.3 Å². The van der Waals surface area contributed by atoms with Gasteiger partial charge in [-0.05, 0) is 30.9 Å². The van der Waals surface area contributed by atoms with Gasteiger partial charge in [0.15, 0.2) is 5.78 Å². The summed E-state index contributed by atoms with van der Waals surface area (Å²) >= 11 is 6.09. The second-order valence-corrected chi connectivity index (χ2v) is 5.00. The molecule has 2 nitrogen and oxygen atoms in total. The van der Waals surface area contributed by atoms with Crippen LogP contribution in [-0.2, 0) is 11.2 Å². The van der Waals surface area contributed by atoms with Gasteiger partial charge in [-0.1, -0.05) is 36.2 Å². The molecule has 1 aliphatic rings. The number of Topliss-reactive ketones (excluding diaryl/α,β-unsaturated/α-hetero) is 1. The number of benzene rings is 1. The molecule has 0 N–H and O–H groups in total. The summed E-state index contributed by atoms with van der Waals surface area (Å²) in [6, 6.07) is 9.67. The highest BCUT2D eigenvalue weighted by Gasteiger charge is 2.40. The molecule has 0 aliphatic heterocycles. The minimum atomic E-state index is -0.844. The predicted molar refractivity (Wildman–Crippen MR) is 66.7 cm³/mol. The Morgan fingerprint density at radius 1 is 1.35 bits per heavy atom. The van der Waals surface area contributed by atoms with Crippen molar-refractivity contribution in [3.8, 4) is 6.07 Å². The summed E-state index contributed by atoms with van der Waals surface area (Å²) in [5.74, 6) is 0.0752.